The van der Waals surface area contributed by atoms with Crippen molar-refractivity contribution in [2.24, 2.45) is 0 Å². The van der Waals surface area contributed by atoms with Crippen LogP contribution in [0.25, 0.3) is 11.0 Å². The molecule has 5 rings (SSSR count). The minimum Gasteiger partial charge on any atom is -0.323 e. The van der Waals surface area contributed by atoms with Gasteiger partial charge in [-0.2, -0.15) is 0 Å². The topological polar surface area (TPSA) is 87.1 Å². The van der Waals surface area contributed by atoms with Gasteiger partial charge in [-0.1, -0.05) is 12.1 Å². The number of hydrogen-bond donors (Lipinski definition) is 1. The molecule has 0 saturated carbocycles. The number of rotatable bonds is 3. The van der Waals surface area contributed by atoms with Crippen molar-refractivity contribution in [3.63, 3.8) is 0 Å². The standard InChI is InChI=1S/C23H28N6O2/c1-16-24-14-17(15-25-16)22(30)28-11-5-4-8-21(28)27-12-9-18(10-13-27)29-20-7-3-2-6-19(20)26-23(29)31/h2-3,6-7,14-15,18,21H,4-5,8-13H2,1H3,(H,26,31). The van der Waals surface area contributed by atoms with Crippen molar-refractivity contribution in [2.75, 3.05) is 19.6 Å². The molecule has 1 amide bonds. The number of aromatic amines is 1. The van der Waals surface area contributed by atoms with E-state index in [1.807, 2.05) is 40.7 Å². The van der Waals surface area contributed by atoms with Gasteiger partial charge in [0.25, 0.3) is 5.91 Å². The van der Waals surface area contributed by atoms with E-state index >= 15 is 0 Å². The molecule has 1 unspecified atom stereocenters. The summed E-state index contributed by atoms with van der Waals surface area (Å²) in [5.41, 5.74) is 2.38. The first-order chi connectivity index (χ1) is 15.1. The van der Waals surface area contributed by atoms with Crippen molar-refractivity contribution in [3.8, 4) is 0 Å². The Hall–Kier alpha value is -3.00. The zero-order chi connectivity index (χ0) is 21.4. The molecule has 0 bridgehead atoms. The fraction of sp³-hybridized carbons (Fsp3) is 0.478. The largest absolute Gasteiger partial charge is 0.326 e. The van der Waals surface area contributed by atoms with Crippen LogP contribution in [0.1, 0.15) is 54.3 Å². The van der Waals surface area contributed by atoms with Crippen LogP contribution >= 0.6 is 0 Å². The van der Waals surface area contributed by atoms with Crippen LogP contribution in [0, 0.1) is 6.92 Å². The summed E-state index contributed by atoms with van der Waals surface area (Å²) in [6.45, 7) is 4.32. The van der Waals surface area contributed by atoms with Gasteiger partial charge in [-0.15, -0.1) is 0 Å². The van der Waals surface area contributed by atoms with E-state index in [9.17, 15) is 9.59 Å². The molecule has 1 atom stereocenters. The number of carbonyl (C=O) groups is 1. The molecule has 2 aliphatic heterocycles. The Morgan fingerprint density at radius 1 is 1.03 bits per heavy atom. The second-order valence-corrected chi connectivity index (χ2v) is 8.58. The first-order valence-electron chi connectivity index (χ1n) is 11.1. The highest BCUT2D eigenvalue weighted by Crippen LogP contribution is 2.30. The van der Waals surface area contributed by atoms with Gasteiger partial charge in [-0.05, 0) is 51.2 Å². The van der Waals surface area contributed by atoms with Gasteiger partial charge in [0.15, 0.2) is 0 Å². The molecule has 2 aromatic heterocycles. The van der Waals surface area contributed by atoms with Gasteiger partial charge in [0, 0.05) is 38.1 Å². The number of aromatic nitrogens is 4. The van der Waals surface area contributed by atoms with E-state index < -0.39 is 0 Å². The van der Waals surface area contributed by atoms with Crippen molar-refractivity contribution in [1.29, 1.82) is 0 Å². The van der Waals surface area contributed by atoms with Crippen LogP contribution in [-0.4, -0.2) is 61.0 Å². The molecule has 2 fully saturated rings. The summed E-state index contributed by atoms with van der Waals surface area (Å²) in [5, 5.41) is 0. The number of benzene rings is 1. The smallest absolute Gasteiger partial charge is 0.323 e. The molecule has 8 heteroatoms. The summed E-state index contributed by atoms with van der Waals surface area (Å²) in [5.74, 6) is 0.681. The van der Waals surface area contributed by atoms with Gasteiger partial charge in [0.1, 0.15) is 5.82 Å². The number of fused-ring (bicyclic) bond motifs is 1. The number of imidazole rings is 1. The molecule has 1 N–H and O–H groups in total. The Morgan fingerprint density at radius 3 is 2.55 bits per heavy atom. The number of nitrogens with one attached hydrogen (secondary N) is 1. The molecule has 31 heavy (non-hydrogen) atoms. The minimum absolute atomic E-state index is 0.0136. The molecule has 2 saturated heterocycles. The summed E-state index contributed by atoms with van der Waals surface area (Å²) in [6.07, 6.45) is 8.29. The normalized spacial score (nSPS) is 20.9. The van der Waals surface area contributed by atoms with E-state index in [1.54, 1.807) is 12.4 Å². The summed E-state index contributed by atoms with van der Waals surface area (Å²) >= 11 is 0. The highest BCUT2D eigenvalue weighted by molar-refractivity contribution is 5.93. The Labute approximate surface area is 180 Å². The van der Waals surface area contributed by atoms with Crippen molar-refractivity contribution in [3.05, 3.63) is 58.5 Å². The predicted octanol–water partition coefficient (Wildman–Crippen LogP) is 2.72. The first-order valence-corrected chi connectivity index (χ1v) is 11.1. The SMILES string of the molecule is Cc1ncc(C(=O)N2CCCCC2N2CCC(n3c(=O)[nH]c4ccccc43)CC2)cn1. The molecule has 0 spiro atoms. The number of H-pyrrole nitrogens is 1. The molecule has 1 aromatic carbocycles. The number of aryl methyl sites for hydroxylation is 1. The van der Waals surface area contributed by atoms with Crippen molar-refractivity contribution < 1.29 is 4.79 Å². The van der Waals surface area contributed by atoms with Crippen LogP contribution < -0.4 is 5.69 Å². The fourth-order valence-electron chi connectivity index (χ4n) is 5.08. The van der Waals surface area contributed by atoms with E-state index in [0.29, 0.717) is 11.4 Å². The van der Waals surface area contributed by atoms with Gasteiger partial charge in [0.05, 0.1) is 22.8 Å². The molecule has 3 aromatic rings. The van der Waals surface area contributed by atoms with Crippen molar-refractivity contribution in [2.45, 2.75) is 51.2 Å². The maximum atomic E-state index is 13.2. The quantitative estimate of drug-likeness (QED) is 0.704. The van der Waals surface area contributed by atoms with Crippen LogP contribution in [-0.2, 0) is 0 Å². The minimum atomic E-state index is -0.0338. The van der Waals surface area contributed by atoms with Crippen LogP contribution in [0.3, 0.4) is 0 Å². The monoisotopic (exact) mass is 420 g/mol. The van der Waals surface area contributed by atoms with E-state index in [2.05, 4.69) is 19.9 Å². The number of piperidine rings is 2. The zero-order valence-corrected chi connectivity index (χ0v) is 17.8. The summed E-state index contributed by atoms with van der Waals surface area (Å²) < 4.78 is 1.92. The molecular weight excluding hydrogens is 392 g/mol. The Balaban J connectivity index is 1.31. The molecule has 0 aliphatic carbocycles. The second-order valence-electron chi connectivity index (χ2n) is 8.58. The second kappa shape index (κ2) is 8.26. The van der Waals surface area contributed by atoms with Gasteiger partial charge >= 0.3 is 5.69 Å². The van der Waals surface area contributed by atoms with E-state index in [0.717, 1.165) is 62.8 Å². The highest BCUT2D eigenvalue weighted by atomic mass is 16.2. The number of likely N-dealkylation sites (tertiary alicyclic amines) is 2. The highest BCUT2D eigenvalue weighted by Gasteiger charge is 2.34. The van der Waals surface area contributed by atoms with Crippen LogP contribution in [0.5, 0.6) is 0 Å². The maximum Gasteiger partial charge on any atom is 0.326 e. The number of nitrogens with zero attached hydrogens (tertiary/aromatic N) is 5. The van der Waals surface area contributed by atoms with E-state index in [1.165, 1.54) is 0 Å². The predicted molar refractivity (Wildman–Crippen MR) is 118 cm³/mol. The molecule has 8 nitrogen and oxygen atoms in total. The van der Waals surface area contributed by atoms with E-state index in [4.69, 9.17) is 0 Å². The third-order valence-electron chi connectivity index (χ3n) is 6.67. The lowest BCUT2D eigenvalue weighted by Crippen LogP contribution is -2.55. The number of carbonyl (C=O) groups excluding carboxylic acids is 1. The molecule has 162 valence electrons. The molecule has 2 aliphatic rings. The van der Waals surface area contributed by atoms with Crippen molar-refractivity contribution >= 4 is 16.9 Å². The van der Waals surface area contributed by atoms with Gasteiger partial charge in [0.2, 0.25) is 0 Å². The van der Waals surface area contributed by atoms with Crippen LogP contribution in [0.15, 0.2) is 41.5 Å². The van der Waals surface area contributed by atoms with Gasteiger partial charge in [-0.3, -0.25) is 14.3 Å². The third-order valence-corrected chi connectivity index (χ3v) is 6.67. The average Bonchev–Trinajstić information content (AvgIpc) is 3.15. The lowest BCUT2D eigenvalue weighted by molar-refractivity contribution is 0.00115. The van der Waals surface area contributed by atoms with E-state index in [-0.39, 0.29) is 23.8 Å². The number of hydrogen-bond acceptors (Lipinski definition) is 5. The Bertz CT molecular complexity index is 1130. The van der Waals surface area contributed by atoms with Crippen LogP contribution in [0.4, 0.5) is 0 Å². The summed E-state index contributed by atoms with van der Waals surface area (Å²) in [7, 11) is 0. The Morgan fingerprint density at radius 2 is 1.77 bits per heavy atom. The summed E-state index contributed by atoms with van der Waals surface area (Å²) in [4.78, 5) is 41.5. The average molecular weight is 421 g/mol. The number of amides is 1. The zero-order valence-electron chi connectivity index (χ0n) is 17.8. The van der Waals surface area contributed by atoms with Crippen LogP contribution in [0.2, 0.25) is 0 Å². The molecular formula is C23H28N6O2. The fourth-order valence-corrected chi connectivity index (χ4v) is 5.08. The first kappa shape index (κ1) is 19.9. The summed E-state index contributed by atoms with van der Waals surface area (Å²) in [6, 6.07) is 8.05. The third kappa shape index (κ3) is 3.76. The number of para-hydroxylation sites is 2. The lowest BCUT2D eigenvalue weighted by Gasteiger charge is -2.45. The Kier molecular flexibility index (Phi) is 5.31. The van der Waals surface area contributed by atoms with Crippen molar-refractivity contribution in [1.82, 2.24) is 29.3 Å². The van der Waals surface area contributed by atoms with Gasteiger partial charge < -0.3 is 9.88 Å². The van der Waals surface area contributed by atoms with Gasteiger partial charge in [-0.25, -0.2) is 14.8 Å². The lowest BCUT2D eigenvalue weighted by atomic mass is 10.00. The molecule has 0 radical (unpaired) electrons. The molecule has 4 heterocycles. The maximum absolute atomic E-state index is 13.2.